The lowest BCUT2D eigenvalue weighted by Gasteiger charge is -2.38. The number of nitrogens with one attached hydrogen (secondary N) is 2. The predicted octanol–water partition coefficient (Wildman–Crippen LogP) is 1.26. The average molecular weight is 260 g/mol. The lowest BCUT2D eigenvalue weighted by Crippen LogP contribution is -2.69. The van der Waals surface area contributed by atoms with Gasteiger partial charge in [0.05, 0.1) is 0 Å². The molecule has 19 heavy (non-hydrogen) atoms. The van der Waals surface area contributed by atoms with Crippen molar-refractivity contribution in [3.63, 3.8) is 0 Å². The Morgan fingerprint density at radius 2 is 1.84 bits per heavy atom. The molecule has 1 aliphatic rings. The number of carbonyl (C=O) groups excluding carboxylic acids is 2. The van der Waals surface area contributed by atoms with Crippen molar-refractivity contribution >= 4 is 11.8 Å². The van der Waals surface area contributed by atoms with Gasteiger partial charge in [-0.1, -0.05) is 44.2 Å². The Labute approximate surface area is 113 Å². The molecule has 102 valence electrons. The third-order valence-electron chi connectivity index (χ3n) is 3.54. The second-order valence-corrected chi connectivity index (χ2v) is 5.68. The summed E-state index contributed by atoms with van der Waals surface area (Å²) in [5.41, 5.74) is 0.160. The second-order valence-electron chi connectivity index (χ2n) is 5.68. The molecule has 1 heterocycles. The van der Waals surface area contributed by atoms with Crippen LogP contribution in [-0.4, -0.2) is 23.4 Å². The maximum atomic E-state index is 12.3. The van der Waals surface area contributed by atoms with E-state index in [1.165, 1.54) is 0 Å². The summed E-state index contributed by atoms with van der Waals surface area (Å²) < 4.78 is 0. The van der Waals surface area contributed by atoms with Crippen LogP contribution >= 0.6 is 0 Å². The maximum absolute atomic E-state index is 12.3. The SMILES string of the molecule is CC(C)[C@@H]1NC(=O)[C@@](C)(Cc2ccccc2)NC1=O. The maximum Gasteiger partial charge on any atom is 0.246 e. The molecule has 4 nitrogen and oxygen atoms in total. The van der Waals surface area contributed by atoms with Crippen LogP contribution in [-0.2, 0) is 16.0 Å². The van der Waals surface area contributed by atoms with Gasteiger partial charge in [0, 0.05) is 6.42 Å². The zero-order valence-electron chi connectivity index (χ0n) is 11.6. The number of hydrogen-bond donors (Lipinski definition) is 2. The largest absolute Gasteiger partial charge is 0.342 e. The van der Waals surface area contributed by atoms with Gasteiger partial charge in [-0.25, -0.2) is 0 Å². The first-order valence-electron chi connectivity index (χ1n) is 6.59. The van der Waals surface area contributed by atoms with E-state index in [4.69, 9.17) is 0 Å². The standard InChI is InChI=1S/C15H20N2O2/c1-10(2)12-13(18)17-15(3,14(19)16-12)9-11-7-5-4-6-8-11/h4-8,10,12H,9H2,1-3H3,(H,16,19)(H,17,18)/t12-,15+/m0/s1. The van der Waals surface area contributed by atoms with Crippen molar-refractivity contribution < 1.29 is 9.59 Å². The minimum atomic E-state index is -0.871. The monoisotopic (exact) mass is 260 g/mol. The predicted molar refractivity (Wildman–Crippen MR) is 73.5 cm³/mol. The van der Waals surface area contributed by atoms with Gasteiger partial charge in [0.25, 0.3) is 0 Å². The molecule has 1 aliphatic heterocycles. The van der Waals surface area contributed by atoms with Crippen LogP contribution in [0.3, 0.4) is 0 Å². The fourth-order valence-electron chi connectivity index (χ4n) is 2.37. The smallest absolute Gasteiger partial charge is 0.246 e. The average Bonchev–Trinajstić information content (AvgIpc) is 2.34. The van der Waals surface area contributed by atoms with E-state index in [0.717, 1.165) is 5.56 Å². The second kappa shape index (κ2) is 5.03. The number of hydrogen-bond acceptors (Lipinski definition) is 2. The molecule has 0 aromatic heterocycles. The Morgan fingerprint density at radius 1 is 1.21 bits per heavy atom. The Morgan fingerprint density at radius 3 is 2.42 bits per heavy atom. The van der Waals surface area contributed by atoms with E-state index in [1.54, 1.807) is 6.92 Å². The summed E-state index contributed by atoms with van der Waals surface area (Å²) in [6, 6.07) is 9.27. The molecule has 2 amide bonds. The summed E-state index contributed by atoms with van der Waals surface area (Å²) in [6.07, 6.45) is 0.496. The molecular weight excluding hydrogens is 240 g/mol. The van der Waals surface area contributed by atoms with Gasteiger partial charge in [-0.2, -0.15) is 0 Å². The fraction of sp³-hybridized carbons (Fsp3) is 0.467. The van der Waals surface area contributed by atoms with E-state index < -0.39 is 11.6 Å². The van der Waals surface area contributed by atoms with Gasteiger partial charge in [0.2, 0.25) is 11.8 Å². The van der Waals surface area contributed by atoms with Crippen LogP contribution in [0.25, 0.3) is 0 Å². The van der Waals surface area contributed by atoms with Crippen LogP contribution in [0.2, 0.25) is 0 Å². The number of carbonyl (C=O) groups is 2. The Bertz CT molecular complexity index is 484. The molecule has 1 aromatic carbocycles. The van der Waals surface area contributed by atoms with Gasteiger partial charge >= 0.3 is 0 Å². The molecule has 1 fully saturated rings. The van der Waals surface area contributed by atoms with Crippen molar-refractivity contribution in [2.24, 2.45) is 5.92 Å². The number of amides is 2. The summed E-state index contributed by atoms with van der Waals surface area (Å²) >= 11 is 0. The number of benzene rings is 1. The summed E-state index contributed by atoms with van der Waals surface area (Å²) in [4.78, 5) is 24.3. The van der Waals surface area contributed by atoms with Gasteiger partial charge in [-0.15, -0.1) is 0 Å². The molecule has 0 bridgehead atoms. The van der Waals surface area contributed by atoms with Crippen molar-refractivity contribution in [3.05, 3.63) is 35.9 Å². The first-order valence-corrected chi connectivity index (χ1v) is 6.59. The van der Waals surface area contributed by atoms with Gasteiger partial charge in [-0.3, -0.25) is 9.59 Å². The highest BCUT2D eigenvalue weighted by molar-refractivity contribution is 5.99. The fourth-order valence-corrected chi connectivity index (χ4v) is 2.37. The lowest BCUT2D eigenvalue weighted by atomic mass is 9.87. The third-order valence-corrected chi connectivity index (χ3v) is 3.54. The molecule has 2 N–H and O–H groups in total. The molecule has 0 saturated carbocycles. The van der Waals surface area contributed by atoms with E-state index in [1.807, 2.05) is 44.2 Å². The van der Waals surface area contributed by atoms with E-state index in [-0.39, 0.29) is 17.7 Å². The zero-order chi connectivity index (χ0) is 14.0. The molecule has 4 heteroatoms. The third kappa shape index (κ3) is 2.78. The highest BCUT2D eigenvalue weighted by Gasteiger charge is 2.43. The van der Waals surface area contributed by atoms with Gasteiger partial charge < -0.3 is 10.6 Å². The van der Waals surface area contributed by atoms with Crippen molar-refractivity contribution in [2.75, 3.05) is 0 Å². The summed E-state index contributed by atoms with van der Waals surface area (Å²) in [5.74, 6) is -0.132. The minimum Gasteiger partial charge on any atom is -0.342 e. The summed E-state index contributed by atoms with van der Waals surface area (Å²) in [7, 11) is 0. The van der Waals surface area contributed by atoms with E-state index >= 15 is 0 Å². The van der Waals surface area contributed by atoms with Crippen LogP contribution in [0.15, 0.2) is 30.3 Å². The molecule has 2 rings (SSSR count). The topological polar surface area (TPSA) is 58.2 Å². The molecule has 0 radical (unpaired) electrons. The lowest BCUT2D eigenvalue weighted by molar-refractivity contribution is -0.142. The Kier molecular flexibility index (Phi) is 3.60. The Balaban J connectivity index is 2.16. The van der Waals surface area contributed by atoms with Crippen LogP contribution in [0, 0.1) is 5.92 Å². The van der Waals surface area contributed by atoms with Crippen molar-refractivity contribution in [1.82, 2.24) is 10.6 Å². The molecule has 1 aromatic rings. The summed E-state index contributed by atoms with van der Waals surface area (Å²) in [5, 5.41) is 5.70. The van der Waals surface area contributed by atoms with Crippen LogP contribution < -0.4 is 10.6 Å². The van der Waals surface area contributed by atoms with Crippen molar-refractivity contribution in [1.29, 1.82) is 0 Å². The van der Waals surface area contributed by atoms with Crippen molar-refractivity contribution in [3.8, 4) is 0 Å². The molecule has 0 unspecified atom stereocenters. The zero-order valence-corrected chi connectivity index (χ0v) is 11.6. The van der Waals surface area contributed by atoms with Gasteiger partial charge in [-0.05, 0) is 18.4 Å². The van der Waals surface area contributed by atoms with Crippen LogP contribution in [0.5, 0.6) is 0 Å². The van der Waals surface area contributed by atoms with E-state index in [0.29, 0.717) is 6.42 Å². The van der Waals surface area contributed by atoms with Crippen LogP contribution in [0.4, 0.5) is 0 Å². The highest BCUT2D eigenvalue weighted by atomic mass is 16.2. The van der Waals surface area contributed by atoms with Crippen molar-refractivity contribution in [2.45, 2.75) is 38.8 Å². The Hall–Kier alpha value is -1.84. The van der Waals surface area contributed by atoms with E-state index in [9.17, 15) is 9.59 Å². The quantitative estimate of drug-likeness (QED) is 0.859. The first-order chi connectivity index (χ1) is 8.92. The normalized spacial score (nSPS) is 27.1. The molecular formula is C15H20N2O2. The van der Waals surface area contributed by atoms with Gasteiger partial charge in [0.15, 0.2) is 0 Å². The minimum absolute atomic E-state index is 0.0882. The number of piperazine rings is 1. The van der Waals surface area contributed by atoms with Gasteiger partial charge in [0.1, 0.15) is 11.6 Å². The molecule has 2 atom stereocenters. The first kappa shape index (κ1) is 13.6. The van der Waals surface area contributed by atoms with E-state index in [2.05, 4.69) is 10.6 Å². The molecule has 1 saturated heterocycles. The molecule has 0 aliphatic carbocycles. The summed E-state index contributed by atoms with van der Waals surface area (Å²) in [6.45, 7) is 5.61. The molecule has 0 spiro atoms. The van der Waals surface area contributed by atoms with Crippen LogP contribution in [0.1, 0.15) is 26.3 Å². The number of rotatable bonds is 3. The highest BCUT2D eigenvalue weighted by Crippen LogP contribution is 2.19.